The van der Waals surface area contributed by atoms with Crippen molar-refractivity contribution in [3.63, 3.8) is 0 Å². The predicted molar refractivity (Wildman–Crippen MR) is 95.4 cm³/mol. The maximum absolute atomic E-state index is 12.3. The average Bonchev–Trinajstić information content (AvgIpc) is 2.53. The molecule has 0 spiro atoms. The van der Waals surface area contributed by atoms with Gasteiger partial charge in [0.1, 0.15) is 6.10 Å². The molecule has 1 aromatic carbocycles. The summed E-state index contributed by atoms with van der Waals surface area (Å²) >= 11 is 0. The zero-order chi connectivity index (χ0) is 18.3. The molecule has 0 saturated heterocycles. The summed E-state index contributed by atoms with van der Waals surface area (Å²) in [6.07, 6.45) is -0.411. The smallest absolute Gasteiger partial charge is 0.251 e. The third-order valence-corrected chi connectivity index (χ3v) is 3.92. The van der Waals surface area contributed by atoms with Crippen LogP contribution in [0.3, 0.4) is 0 Å². The summed E-state index contributed by atoms with van der Waals surface area (Å²) in [6.45, 7) is 7.59. The lowest BCUT2D eigenvalue weighted by atomic mass is 9.93. The SMILES string of the molecule is CC(C)C[C@H](NC(=O)[C@@H](O)[C@H](N)Cc1ccccc1)C(=O)C(C)C. The fourth-order valence-corrected chi connectivity index (χ4v) is 2.57. The van der Waals surface area contributed by atoms with Gasteiger partial charge in [-0.3, -0.25) is 9.59 Å². The minimum Gasteiger partial charge on any atom is -0.382 e. The van der Waals surface area contributed by atoms with E-state index in [-0.39, 0.29) is 17.6 Å². The molecular weight excluding hydrogens is 304 g/mol. The number of hydrogen-bond acceptors (Lipinski definition) is 4. The number of benzene rings is 1. The highest BCUT2D eigenvalue weighted by Gasteiger charge is 2.29. The zero-order valence-electron chi connectivity index (χ0n) is 15.0. The van der Waals surface area contributed by atoms with Crippen LogP contribution < -0.4 is 11.1 Å². The van der Waals surface area contributed by atoms with Gasteiger partial charge in [-0.05, 0) is 24.3 Å². The highest BCUT2D eigenvalue weighted by Crippen LogP contribution is 2.11. The van der Waals surface area contributed by atoms with Crippen molar-refractivity contribution in [1.29, 1.82) is 0 Å². The molecule has 134 valence electrons. The number of nitrogens with one attached hydrogen (secondary N) is 1. The Morgan fingerprint density at radius 3 is 2.21 bits per heavy atom. The number of hydrogen-bond donors (Lipinski definition) is 3. The molecular formula is C19H30N2O3. The molecule has 0 aliphatic rings. The van der Waals surface area contributed by atoms with Gasteiger partial charge in [0, 0.05) is 12.0 Å². The fraction of sp³-hybridized carbons (Fsp3) is 0.579. The van der Waals surface area contributed by atoms with Gasteiger partial charge < -0.3 is 16.2 Å². The number of aliphatic hydroxyl groups excluding tert-OH is 1. The van der Waals surface area contributed by atoms with Crippen molar-refractivity contribution in [1.82, 2.24) is 5.32 Å². The number of aliphatic hydroxyl groups is 1. The van der Waals surface area contributed by atoms with E-state index in [1.165, 1.54) is 0 Å². The number of amides is 1. The summed E-state index contributed by atoms with van der Waals surface area (Å²) in [5.41, 5.74) is 6.92. The van der Waals surface area contributed by atoms with Gasteiger partial charge in [0.2, 0.25) is 0 Å². The van der Waals surface area contributed by atoms with Crippen molar-refractivity contribution in [2.45, 2.75) is 58.7 Å². The fourth-order valence-electron chi connectivity index (χ4n) is 2.57. The Morgan fingerprint density at radius 2 is 1.71 bits per heavy atom. The van der Waals surface area contributed by atoms with E-state index in [4.69, 9.17) is 5.73 Å². The third kappa shape index (κ3) is 6.42. The predicted octanol–water partition coefficient (Wildman–Crippen LogP) is 1.67. The number of ketones is 1. The number of rotatable bonds is 9. The number of carbonyl (C=O) groups is 2. The van der Waals surface area contributed by atoms with E-state index >= 15 is 0 Å². The standard InChI is InChI=1S/C19H30N2O3/c1-12(2)10-16(17(22)13(3)4)21-19(24)18(23)15(20)11-14-8-6-5-7-9-14/h5-9,12-13,15-16,18,23H,10-11,20H2,1-4H3,(H,21,24)/t15-,16+,18+/m1/s1. The Labute approximate surface area is 144 Å². The quantitative estimate of drug-likeness (QED) is 0.640. The van der Waals surface area contributed by atoms with Crippen LogP contribution in [0, 0.1) is 11.8 Å². The Kier molecular flexibility index (Phi) is 8.08. The molecule has 0 fully saturated rings. The van der Waals surface area contributed by atoms with Crippen LogP contribution in [-0.4, -0.2) is 35.0 Å². The lowest BCUT2D eigenvalue weighted by Crippen LogP contribution is -2.52. The van der Waals surface area contributed by atoms with E-state index in [1.807, 2.05) is 44.2 Å². The Bertz CT molecular complexity index is 529. The van der Waals surface area contributed by atoms with Gasteiger partial charge in [0.15, 0.2) is 5.78 Å². The normalized spacial score (nSPS) is 15.2. The van der Waals surface area contributed by atoms with Gasteiger partial charge in [-0.25, -0.2) is 0 Å². The van der Waals surface area contributed by atoms with Gasteiger partial charge in [0.25, 0.3) is 5.91 Å². The molecule has 0 aliphatic carbocycles. The molecule has 0 aromatic heterocycles. The highest BCUT2D eigenvalue weighted by atomic mass is 16.3. The van der Waals surface area contributed by atoms with Crippen LogP contribution in [-0.2, 0) is 16.0 Å². The summed E-state index contributed by atoms with van der Waals surface area (Å²) in [4.78, 5) is 24.6. The minimum absolute atomic E-state index is 0.0270. The van der Waals surface area contributed by atoms with Crippen LogP contribution in [0.2, 0.25) is 0 Å². The summed E-state index contributed by atoms with van der Waals surface area (Å²) in [5.74, 6) is -0.531. The number of nitrogens with two attached hydrogens (primary N) is 1. The molecule has 0 saturated carbocycles. The molecule has 5 nitrogen and oxygen atoms in total. The van der Waals surface area contributed by atoms with Crippen molar-refractivity contribution < 1.29 is 14.7 Å². The van der Waals surface area contributed by atoms with Crippen molar-refractivity contribution in [2.75, 3.05) is 0 Å². The van der Waals surface area contributed by atoms with Crippen LogP contribution in [0.4, 0.5) is 0 Å². The monoisotopic (exact) mass is 334 g/mol. The lowest BCUT2D eigenvalue weighted by molar-refractivity contribution is -0.135. The van der Waals surface area contributed by atoms with Crippen molar-refractivity contribution in [3.8, 4) is 0 Å². The van der Waals surface area contributed by atoms with Gasteiger partial charge in [-0.1, -0.05) is 58.0 Å². The molecule has 1 rings (SSSR count). The van der Waals surface area contributed by atoms with E-state index in [0.717, 1.165) is 5.56 Å². The molecule has 3 atom stereocenters. The Balaban J connectivity index is 2.69. The lowest BCUT2D eigenvalue weighted by Gasteiger charge is -2.24. The van der Waals surface area contributed by atoms with Crippen LogP contribution in [0.1, 0.15) is 39.7 Å². The zero-order valence-corrected chi connectivity index (χ0v) is 15.0. The van der Waals surface area contributed by atoms with E-state index in [1.54, 1.807) is 13.8 Å². The summed E-state index contributed by atoms with van der Waals surface area (Å²) in [7, 11) is 0. The molecule has 0 aliphatic heterocycles. The molecule has 0 heterocycles. The molecule has 0 bridgehead atoms. The molecule has 24 heavy (non-hydrogen) atoms. The van der Waals surface area contributed by atoms with E-state index in [2.05, 4.69) is 5.32 Å². The van der Waals surface area contributed by atoms with Crippen molar-refractivity contribution in [3.05, 3.63) is 35.9 Å². The van der Waals surface area contributed by atoms with Gasteiger partial charge in [-0.2, -0.15) is 0 Å². The highest BCUT2D eigenvalue weighted by molar-refractivity contribution is 5.91. The summed E-state index contributed by atoms with van der Waals surface area (Å²) in [5, 5.41) is 12.9. The van der Waals surface area contributed by atoms with Crippen LogP contribution in [0.25, 0.3) is 0 Å². The number of Topliss-reactive ketones (excluding diaryl/α,β-unsaturated/α-hetero) is 1. The van der Waals surface area contributed by atoms with Crippen molar-refractivity contribution in [2.24, 2.45) is 17.6 Å². The third-order valence-electron chi connectivity index (χ3n) is 3.92. The van der Waals surface area contributed by atoms with E-state index in [0.29, 0.717) is 12.8 Å². The van der Waals surface area contributed by atoms with Crippen molar-refractivity contribution >= 4 is 11.7 Å². The summed E-state index contributed by atoms with van der Waals surface area (Å²) < 4.78 is 0. The van der Waals surface area contributed by atoms with Crippen LogP contribution >= 0.6 is 0 Å². The molecule has 1 aromatic rings. The van der Waals surface area contributed by atoms with E-state index in [9.17, 15) is 14.7 Å². The first-order valence-electron chi connectivity index (χ1n) is 8.54. The first-order valence-corrected chi connectivity index (χ1v) is 8.54. The molecule has 0 radical (unpaired) electrons. The maximum atomic E-state index is 12.3. The average molecular weight is 334 g/mol. The minimum atomic E-state index is -1.35. The van der Waals surface area contributed by atoms with E-state index < -0.39 is 24.1 Å². The van der Waals surface area contributed by atoms with Gasteiger partial charge >= 0.3 is 0 Å². The number of carbonyl (C=O) groups excluding carboxylic acids is 2. The maximum Gasteiger partial charge on any atom is 0.251 e. The van der Waals surface area contributed by atoms with Gasteiger partial charge in [-0.15, -0.1) is 0 Å². The Hall–Kier alpha value is -1.72. The molecule has 5 heteroatoms. The summed E-state index contributed by atoms with van der Waals surface area (Å²) in [6, 6.07) is 8.15. The first-order chi connectivity index (χ1) is 11.2. The second-order valence-electron chi connectivity index (χ2n) is 7.05. The molecule has 1 amide bonds. The topological polar surface area (TPSA) is 92.4 Å². The molecule has 0 unspecified atom stereocenters. The second-order valence-corrected chi connectivity index (χ2v) is 7.05. The first kappa shape index (κ1) is 20.3. The molecule has 4 N–H and O–H groups in total. The van der Waals surface area contributed by atoms with Crippen LogP contribution in [0.5, 0.6) is 0 Å². The Morgan fingerprint density at radius 1 is 1.12 bits per heavy atom. The largest absolute Gasteiger partial charge is 0.382 e. The second kappa shape index (κ2) is 9.55. The van der Waals surface area contributed by atoms with Crippen LogP contribution in [0.15, 0.2) is 30.3 Å². The van der Waals surface area contributed by atoms with Gasteiger partial charge in [0.05, 0.1) is 6.04 Å².